The Morgan fingerprint density at radius 1 is 1.50 bits per heavy atom. The summed E-state index contributed by atoms with van der Waals surface area (Å²) in [6.45, 7) is 8.48. The minimum atomic E-state index is -0.468. The number of nitrogens with one attached hydrogen (secondary N) is 2. The third-order valence-corrected chi connectivity index (χ3v) is 4.13. The topological polar surface area (TPSA) is 68.2 Å². The highest BCUT2D eigenvalue weighted by atomic mass is 16.6. The molecule has 0 radical (unpaired) electrons. The number of carbonyl (C=O) groups is 1. The summed E-state index contributed by atoms with van der Waals surface area (Å²) in [5, 5.41) is 10.8. The predicted molar refractivity (Wildman–Crippen MR) is 85.6 cm³/mol. The maximum atomic E-state index is 12.0. The van der Waals surface area contributed by atoms with E-state index in [-0.39, 0.29) is 17.7 Å². The molecule has 0 spiro atoms. The summed E-state index contributed by atoms with van der Waals surface area (Å²) >= 11 is 0. The molecule has 1 unspecified atom stereocenters. The van der Waals surface area contributed by atoms with Crippen LogP contribution < -0.4 is 10.6 Å². The second kappa shape index (κ2) is 6.28. The van der Waals surface area contributed by atoms with Gasteiger partial charge in [-0.25, -0.2) is 4.79 Å². The Kier molecular flexibility index (Phi) is 4.80. The van der Waals surface area contributed by atoms with E-state index in [0.29, 0.717) is 0 Å². The number of ether oxygens (including phenoxy) is 1. The van der Waals surface area contributed by atoms with Crippen LogP contribution in [0.4, 0.5) is 4.79 Å². The van der Waals surface area contributed by atoms with Crippen molar-refractivity contribution >= 4 is 6.09 Å². The molecule has 0 aromatic carbocycles. The molecule has 0 bridgehead atoms. The highest BCUT2D eigenvalue weighted by Crippen LogP contribution is 2.32. The van der Waals surface area contributed by atoms with Crippen LogP contribution in [0.15, 0.2) is 12.3 Å². The minimum absolute atomic E-state index is 0.185. The lowest BCUT2D eigenvalue weighted by molar-refractivity contribution is 0.0379. The van der Waals surface area contributed by atoms with Gasteiger partial charge in [-0.05, 0) is 53.0 Å². The van der Waals surface area contributed by atoms with Crippen LogP contribution in [0.25, 0.3) is 0 Å². The van der Waals surface area contributed by atoms with Gasteiger partial charge in [-0.3, -0.25) is 4.68 Å². The third kappa shape index (κ3) is 4.22. The molecule has 0 aliphatic heterocycles. The van der Waals surface area contributed by atoms with E-state index < -0.39 is 5.60 Å². The van der Waals surface area contributed by atoms with E-state index >= 15 is 0 Å². The normalized spacial score (nSPS) is 18.4. The molecule has 1 amide bonds. The molecule has 6 nitrogen and oxygen atoms in total. The molecule has 124 valence electrons. The zero-order valence-electron chi connectivity index (χ0n) is 14.3. The lowest BCUT2D eigenvalue weighted by Crippen LogP contribution is -2.60. The molecule has 1 saturated carbocycles. The number of amides is 1. The van der Waals surface area contributed by atoms with Crippen molar-refractivity contribution in [1.29, 1.82) is 0 Å². The van der Waals surface area contributed by atoms with Gasteiger partial charge in [-0.15, -0.1) is 0 Å². The highest BCUT2D eigenvalue weighted by molar-refractivity contribution is 5.69. The summed E-state index contributed by atoms with van der Waals surface area (Å²) in [5.74, 6) is 0. The quantitative estimate of drug-likeness (QED) is 0.877. The summed E-state index contributed by atoms with van der Waals surface area (Å²) in [7, 11) is 1.94. The predicted octanol–water partition coefficient (Wildman–Crippen LogP) is 2.52. The summed E-state index contributed by atoms with van der Waals surface area (Å²) in [6.07, 6.45) is 4.57. The second-order valence-corrected chi connectivity index (χ2v) is 7.24. The number of aryl methyl sites for hydroxylation is 1. The summed E-state index contributed by atoms with van der Waals surface area (Å²) < 4.78 is 7.24. The second-order valence-electron chi connectivity index (χ2n) is 7.24. The Bertz CT molecular complexity index is 514. The van der Waals surface area contributed by atoms with Gasteiger partial charge in [0.05, 0.1) is 11.2 Å². The average Bonchev–Trinajstić information content (AvgIpc) is 2.76. The van der Waals surface area contributed by atoms with E-state index in [2.05, 4.69) is 22.7 Å². The van der Waals surface area contributed by atoms with Crippen LogP contribution in [0, 0.1) is 0 Å². The fourth-order valence-electron chi connectivity index (χ4n) is 2.73. The first-order valence-corrected chi connectivity index (χ1v) is 7.93. The van der Waals surface area contributed by atoms with Crippen LogP contribution >= 0.6 is 0 Å². The van der Waals surface area contributed by atoms with Gasteiger partial charge < -0.3 is 15.4 Å². The van der Waals surface area contributed by atoms with E-state index in [1.165, 1.54) is 0 Å². The number of alkyl carbamates (subject to hydrolysis) is 1. The molecule has 1 aromatic heterocycles. The maximum Gasteiger partial charge on any atom is 0.408 e. The van der Waals surface area contributed by atoms with E-state index in [0.717, 1.165) is 31.5 Å². The number of hydrogen-bond acceptors (Lipinski definition) is 4. The summed E-state index contributed by atoms with van der Waals surface area (Å²) in [5.41, 5.74) is 0.478. The molecule has 6 heteroatoms. The average molecular weight is 308 g/mol. The Labute approximate surface area is 132 Å². The number of rotatable bonds is 5. The zero-order valence-corrected chi connectivity index (χ0v) is 14.3. The van der Waals surface area contributed by atoms with Gasteiger partial charge in [0.2, 0.25) is 0 Å². The first-order valence-electron chi connectivity index (χ1n) is 7.93. The SMILES string of the molecule is CC(NCC1(NC(=O)OC(C)(C)C)CCC1)c1ccnn1C. The Hall–Kier alpha value is -1.56. The number of aromatic nitrogens is 2. The lowest BCUT2D eigenvalue weighted by Gasteiger charge is -2.43. The van der Waals surface area contributed by atoms with Gasteiger partial charge in [0.1, 0.15) is 5.60 Å². The molecular weight excluding hydrogens is 280 g/mol. The summed E-state index contributed by atoms with van der Waals surface area (Å²) in [4.78, 5) is 12.0. The van der Waals surface area contributed by atoms with Crippen LogP contribution in [0.3, 0.4) is 0 Å². The molecule has 0 saturated heterocycles. The molecule has 1 aliphatic rings. The minimum Gasteiger partial charge on any atom is -0.444 e. The van der Waals surface area contributed by atoms with Gasteiger partial charge in [-0.1, -0.05) is 0 Å². The van der Waals surface area contributed by atoms with Gasteiger partial charge >= 0.3 is 6.09 Å². The van der Waals surface area contributed by atoms with Crippen molar-refractivity contribution < 1.29 is 9.53 Å². The van der Waals surface area contributed by atoms with Gasteiger partial charge in [0.25, 0.3) is 0 Å². The Morgan fingerprint density at radius 3 is 2.64 bits per heavy atom. The van der Waals surface area contributed by atoms with Gasteiger partial charge in [0.15, 0.2) is 0 Å². The van der Waals surface area contributed by atoms with Crippen LogP contribution in [0.5, 0.6) is 0 Å². The summed E-state index contributed by atoms with van der Waals surface area (Å²) in [6, 6.07) is 2.19. The molecule has 2 N–H and O–H groups in total. The number of hydrogen-bond donors (Lipinski definition) is 2. The van der Waals surface area contributed by atoms with Crippen molar-refractivity contribution in [2.24, 2.45) is 7.05 Å². The fraction of sp³-hybridized carbons (Fsp3) is 0.750. The van der Waals surface area contributed by atoms with Crippen LogP contribution in [-0.2, 0) is 11.8 Å². The smallest absolute Gasteiger partial charge is 0.408 e. The molecule has 1 fully saturated rings. The van der Waals surface area contributed by atoms with Crippen molar-refractivity contribution in [2.45, 2.75) is 64.1 Å². The van der Waals surface area contributed by atoms with Crippen molar-refractivity contribution in [3.63, 3.8) is 0 Å². The number of nitrogens with zero attached hydrogens (tertiary/aromatic N) is 2. The lowest BCUT2D eigenvalue weighted by atomic mass is 9.76. The van der Waals surface area contributed by atoms with Crippen molar-refractivity contribution in [2.75, 3.05) is 6.54 Å². The van der Waals surface area contributed by atoms with Gasteiger partial charge in [-0.2, -0.15) is 5.10 Å². The van der Waals surface area contributed by atoms with E-state index in [1.807, 2.05) is 38.6 Å². The van der Waals surface area contributed by atoms with Crippen LogP contribution in [0.2, 0.25) is 0 Å². The Balaban J connectivity index is 1.89. The largest absolute Gasteiger partial charge is 0.444 e. The fourth-order valence-corrected chi connectivity index (χ4v) is 2.73. The maximum absolute atomic E-state index is 12.0. The third-order valence-electron chi connectivity index (χ3n) is 4.13. The van der Waals surface area contributed by atoms with Crippen LogP contribution in [-0.4, -0.2) is 33.6 Å². The molecule has 2 rings (SSSR count). The van der Waals surface area contributed by atoms with E-state index in [9.17, 15) is 4.79 Å². The standard InChI is InChI=1S/C16H28N4O2/c1-12(13-7-10-18-20(13)5)17-11-16(8-6-9-16)19-14(21)22-15(2,3)4/h7,10,12,17H,6,8-9,11H2,1-5H3,(H,19,21). The molecule has 1 aliphatic carbocycles. The zero-order chi connectivity index (χ0) is 16.4. The molecule has 1 heterocycles. The first-order chi connectivity index (χ1) is 10.2. The molecule has 1 aromatic rings. The van der Waals surface area contributed by atoms with Gasteiger partial charge in [0, 0.05) is 25.8 Å². The first kappa shape index (κ1) is 16.8. The molecule has 22 heavy (non-hydrogen) atoms. The van der Waals surface area contributed by atoms with E-state index in [1.54, 1.807) is 6.20 Å². The van der Waals surface area contributed by atoms with Crippen LogP contribution in [0.1, 0.15) is 58.7 Å². The Morgan fingerprint density at radius 2 is 2.18 bits per heavy atom. The van der Waals surface area contributed by atoms with E-state index in [4.69, 9.17) is 4.74 Å². The number of carbonyl (C=O) groups excluding carboxylic acids is 1. The van der Waals surface area contributed by atoms with Crippen molar-refractivity contribution in [3.8, 4) is 0 Å². The van der Waals surface area contributed by atoms with Crippen molar-refractivity contribution in [3.05, 3.63) is 18.0 Å². The highest BCUT2D eigenvalue weighted by Gasteiger charge is 2.39. The monoisotopic (exact) mass is 308 g/mol. The molecular formula is C16H28N4O2. The van der Waals surface area contributed by atoms with Crippen molar-refractivity contribution in [1.82, 2.24) is 20.4 Å². The molecule has 1 atom stereocenters.